The molecule has 3 aromatic rings. The molecule has 0 atom stereocenters. The van der Waals surface area contributed by atoms with Gasteiger partial charge in [0.15, 0.2) is 5.78 Å². The molecular weight excluding hydrogens is 420 g/mol. The number of ether oxygens (including phenoxy) is 2. The summed E-state index contributed by atoms with van der Waals surface area (Å²) >= 11 is 0. The van der Waals surface area contributed by atoms with Crippen LogP contribution in [0.15, 0.2) is 54.7 Å². The van der Waals surface area contributed by atoms with Gasteiger partial charge in [-0.3, -0.25) is 9.59 Å². The molecule has 174 valence electrons. The molecular formula is C26H30N2O5. The van der Waals surface area contributed by atoms with Crippen LogP contribution in [0.4, 0.5) is 0 Å². The summed E-state index contributed by atoms with van der Waals surface area (Å²) in [5.74, 6) is -1.52. The van der Waals surface area contributed by atoms with E-state index in [1.807, 2.05) is 48.5 Å². The van der Waals surface area contributed by atoms with E-state index in [4.69, 9.17) is 9.47 Å². The summed E-state index contributed by atoms with van der Waals surface area (Å²) in [5.41, 5.74) is 2.69. The highest BCUT2D eigenvalue weighted by Crippen LogP contribution is 2.30. The molecule has 2 aromatic heterocycles. The zero-order valence-corrected chi connectivity index (χ0v) is 19.4. The van der Waals surface area contributed by atoms with E-state index in [1.54, 1.807) is 17.5 Å². The van der Waals surface area contributed by atoms with E-state index < -0.39 is 24.0 Å². The van der Waals surface area contributed by atoms with Crippen molar-refractivity contribution in [3.63, 3.8) is 0 Å². The monoisotopic (exact) mass is 450 g/mol. The summed E-state index contributed by atoms with van der Waals surface area (Å²) in [6.07, 6.45) is 1.23. The van der Waals surface area contributed by atoms with Gasteiger partial charge in [-0.25, -0.2) is 4.79 Å². The molecule has 0 aliphatic heterocycles. The molecule has 0 radical (unpaired) electrons. The minimum absolute atomic E-state index is 0.0847. The van der Waals surface area contributed by atoms with Crippen LogP contribution in [-0.2, 0) is 14.3 Å². The van der Waals surface area contributed by atoms with Crippen LogP contribution in [-0.4, -0.2) is 59.7 Å². The molecule has 0 aliphatic rings. The number of hydrogen-bond donors (Lipinski definition) is 0. The molecule has 0 saturated heterocycles. The summed E-state index contributed by atoms with van der Waals surface area (Å²) < 4.78 is 12.3. The maximum Gasteiger partial charge on any atom is 0.375 e. The van der Waals surface area contributed by atoms with E-state index in [9.17, 15) is 14.4 Å². The van der Waals surface area contributed by atoms with Gasteiger partial charge in [-0.05, 0) is 55.9 Å². The maximum atomic E-state index is 13.1. The van der Waals surface area contributed by atoms with E-state index in [1.165, 1.54) is 0 Å². The molecule has 0 bridgehead atoms. The zero-order valence-electron chi connectivity index (χ0n) is 19.4. The van der Waals surface area contributed by atoms with Gasteiger partial charge < -0.3 is 18.8 Å². The van der Waals surface area contributed by atoms with Crippen molar-refractivity contribution in [3.05, 3.63) is 60.4 Å². The number of carbonyl (C=O) groups excluding carboxylic acids is 3. The van der Waals surface area contributed by atoms with Crippen molar-refractivity contribution in [2.75, 3.05) is 32.8 Å². The molecule has 3 rings (SSSR count). The molecule has 33 heavy (non-hydrogen) atoms. The third-order valence-electron chi connectivity index (χ3n) is 5.50. The molecule has 0 fully saturated rings. The fourth-order valence-corrected chi connectivity index (χ4v) is 3.70. The highest BCUT2D eigenvalue weighted by atomic mass is 16.5. The van der Waals surface area contributed by atoms with Crippen molar-refractivity contribution in [2.24, 2.45) is 0 Å². The van der Waals surface area contributed by atoms with E-state index in [2.05, 4.69) is 18.7 Å². The van der Waals surface area contributed by atoms with Crippen molar-refractivity contribution < 1.29 is 23.9 Å². The molecule has 0 saturated carbocycles. The number of Topliss-reactive ketones (excluding diaryl/α,β-unsaturated/α-hetero) is 2. The first-order valence-electron chi connectivity index (χ1n) is 11.3. The van der Waals surface area contributed by atoms with Crippen LogP contribution in [0.2, 0.25) is 0 Å². The average Bonchev–Trinajstić information content (AvgIpc) is 3.22. The number of hydrogen-bond acceptors (Lipinski definition) is 6. The van der Waals surface area contributed by atoms with Gasteiger partial charge >= 0.3 is 5.97 Å². The Kier molecular flexibility index (Phi) is 8.38. The molecule has 7 nitrogen and oxygen atoms in total. The lowest BCUT2D eigenvalue weighted by Gasteiger charge is -2.18. The topological polar surface area (TPSA) is 77.3 Å². The number of aromatic nitrogens is 1. The van der Waals surface area contributed by atoms with Gasteiger partial charge in [0.2, 0.25) is 5.78 Å². The van der Waals surface area contributed by atoms with Crippen LogP contribution in [0.3, 0.4) is 0 Å². The minimum Gasteiger partial charge on any atom is -0.492 e. The van der Waals surface area contributed by atoms with Crippen molar-refractivity contribution in [3.8, 4) is 16.9 Å². The Morgan fingerprint density at radius 3 is 2.36 bits per heavy atom. The van der Waals surface area contributed by atoms with Gasteiger partial charge in [0, 0.05) is 23.8 Å². The van der Waals surface area contributed by atoms with Gasteiger partial charge in [0.1, 0.15) is 12.4 Å². The summed E-state index contributed by atoms with van der Waals surface area (Å²) in [6.45, 7) is 9.36. The smallest absolute Gasteiger partial charge is 0.375 e. The normalized spacial score (nSPS) is 11.0. The van der Waals surface area contributed by atoms with Crippen LogP contribution in [0, 0.1) is 0 Å². The van der Waals surface area contributed by atoms with Crippen LogP contribution < -0.4 is 4.74 Å². The number of carbonyl (C=O) groups is 3. The van der Waals surface area contributed by atoms with Gasteiger partial charge in [-0.2, -0.15) is 0 Å². The zero-order chi connectivity index (χ0) is 23.8. The molecule has 2 heterocycles. The number of benzene rings is 1. The SMILES string of the molecule is CCOC(=O)C(=O)CC(=O)c1c(-c2ccc(OCCN(CC)CC)cc2)cc2ccccn12. The second kappa shape index (κ2) is 11.4. The average molecular weight is 451 g/mol. The second-order valence-corrected chi connectivity index (χ2v) is 7.55. The number of ketones is 2. The molecule has 0 spiro atoms. The highest BCUT2D eigenvalue weighted by molar-refractivity contribution is 6.38. The number of likely N-dealkylation sites (N-methyl/N-ethyl adjacent to an activating group) is 1. The number of pyridine rings is 1. The predicted octanol–water partition coefficient (Wildman–Crippen LogP) is 4.03. The lowest BCUT2D eigenvalue weighted by molar-refractivity contribution is -0.153. The Bertz CT molecular complexity index is 1110. The summed E-state index contributed by atoms with van der Waals surface area (Å²) in [6, 6.07) is 15.0. The first-order valence-corrected chi connectivity index (χ1v) is 11.3. The van der Waals surface area contributed by atoms with Crippen molar-refractivity contribution in [2.45, 2.75) is 27.2 Å². The second-order valence-electron chi connectivity index (χ2n) is 7.55. The maximum absolute atomic E-state index is 13.1. The Morgan fingerprint density at radius 1 is 0.970 bits per heavy atom. The van der Waals surface area contributed by atoms with Crippen molar-refractivity contribution >= 4 is 23.1 Å². The third-order valence-corrected chi connectivity index (χ3v) is 5.50. The highest BCUT2D eigenvalue weighted by Gasteiger charge is 2.25. The molecule has 0 unspecified atom stereocenters. The van der Waals surface area contributed by atoms with Crippen molar-refractivity contribution in [1.82, 2.24) is 9.30 Å². The first kappa shape index (κ1) is 24.2. The molecule has 0 N–H and O–H groups in total. The number of nitrogens with zero attached hydrogens (tertiary/aromatic N) is 2. The van der Waals surface area contributed by atoms with E-state index in [0.717, 1.165) is 36.5 Å². The first-order chi connectivity index (χ1) is 16.0. The Balaban J connectivity index is 1.83. The standard InChI is InChI=1S/C26H30N2O5/c1-4-27(5-2)15-16-33-21-12-10-19(11-13-21)22-17-20-9-7-8-14-28(20)25(22)23(29)18-24(30)26(31)32-6-3/h7-14,17H,4-6,15-16,18H2,1-3H3. The van der Waals surface area contributed by atoms with Gasteiger partial charge in [-0.1, -0.05) is 32.0 Å². The van der Waals surface area contributed by atoms with Gasteiger partial charge in [0.25, 0.3) is 0 Å². The predicted molar refractivity (Wildman–Crippen MR) is 127 cm³/mol. The van der Waals surface area contributed by atoms with Crippen molar-refractivity contribution in [1.29, 1.82) is 0 Å². The number of fused-ring (bicyclic) bond motifs is 1. The third kappa shape index (κ3) is 5.87. The summed E-state index contributed by atoms with van der Waals surface area (Å²) in [4.78, 5) is 39.2. The van der Waals surface area contributed by atoms with Crippen LogP contribution in [0.25, 0.3) is 16.6 Å². The quantitative estimate of drug-likeness (QED) is 0.179. The minimum atomic E-state index is -0.987. The van der Waals surface area contributed by atoms with E-state index in [0.29, 0.717) is 17.9 Å². The molecule has 1 aromatic carbocycles. The van der Waals surface area contributed by atoms with E-state index in [-0.39, 0.29) is 6.61 Å². The summed E-state index contributed by atoms with van der Waals surface area (Å²) in [7, 11) is 0. The summed E-state index contributed by atoms with van der Waals surface area (Å²) in [5, 5.41) is 0. The molecule has 0 aliphatic carbocycles. The molecule has 0 amide bonds. The van der Waals surface area contributed by atoms with Crippen LogP contribution in [0.1, 0.15) is 37.7 Å². The van der Waals surface area contributed by atoms with Crippen LogP contribution in [0.5, 0.6) is 5.75 Å². The fourth-order valence-electron chi connectivity index (χ4n) is 3.70. The Hall–Kier alpha value is -3.45. The lowest BCUT2D eigenvalue weighted by Crippen LogP contribution is -2.27. The number of esters is 1. The van der Waals surface area contributed by atoms with Crippen LogP contribution >= 0.6 is 0 Å². The van der Waals surface area contributed by atoms with E-state index >= 15 is 0 Å². The number of rotatable bonds is 12. The van der Waals surface area contributed by atoms with Gasteiger partial charge in [-0.15, -0.1) is 0 Å². The Labute approximate surface area is 193 Å². The fraction of sp³-hybridized carbons (Fsp3) is 0.346. The lowest BCUT2D eigenvalue weighted by atomic mass is 10.0. The largest absolute Gasteiger partial charge is 0.492 e. The molecule has 7 heteroatoms. The van der Waals surface area contributed by atoms with Gasteiger partial charge in [0.05, 0.1) is 18.7 Å². The Morgan fingerprint density at radius 2 is 1.70 bits per heavy atom.